The van der Waals surface area contributed by atoms with E-state index in [0.29, 0.717) is 6.42 Å². The molecule has 0 aliphatic carbocycles. The smallest absolute Gasteiger partial charge is 0.182 e. The molecule has 0 amide bonds. The Morgan fingerprint density at radius 3 is 2.52 bits per heavy atom. The van der Waals surface area contributed by atoms with Gasteiger partial charge in [-0.3, -0.25) is 4.79 Å². The fourth-order valence-corrected chi connectivity index (χ4v) is 3.41. The summed E-state index contributed by atoms with van der Waals surface area (Å²) in [7, 11) is 0. The number of carbonyl (C=O) groups excluding carboxylic acids is 1. The summed E-state index contributed by atoms with van der Waals surface area (Å²) in [5.41, 5.74) is 4.07. The first kappa shape index (κ1) is 12.2. The molecule has 1 atom stereocenters. The van der Waals surface area contributed by atoms with Gasteiger partial charge in [-0.05, 0) is 11.6 Å². The number of aromatic nitrogens is 1. The largest absolute Gasteiger partial charge is 0.329 e. The van der Waals surface area contributed by atoms with Gasteiger partial charge >= 0.3 is 0 Å². The molecular formula is C19H15NO. The highest BCUT2D eigenvalue weighted by Crippen LogP contribution is 2.40. The second-order valence-corrected chi connectivity index (χ2v) is 5.41. The topological polar surface area (TPSA) is 22.0 Å². The van der Waals surface area contributed by atoms with E-state index < -0.39 is 0 Å². The molecule has 1 unspecified atom stereocenters. The van der Waals surface area contributed by atoms with Crippen LogP contribution in [0.5, 0.6) is 0 Å². The van der Waals surface area contributed by atoms with Gasteiger partial charge < -0.3 is 4.57 Å². The van der Waals surface area contributed by atoms with Crippen LogP contribution in [0, 0.1) is 0 Å². The van der Waals surface area contributed by atoms with Gasteiger partial charge in [-0.2, -0.15) is 0 Å². The van der Waals surface area contributed by atoms with E-state index in [4.69, 9.17) is 0 Å². The van der Waals surface area contributed by atoms with Crippen LogP contribution in [0.2, 0.25) is 0 Å². The number of hydrogen-bond acceptors (Lipinski definition) is 1. The molecule has 2 nitrogen and oxygen atoms in total. The van der Waals surface area contributed by atoms with Crippen LogP contribution >= 0.6 is 0 Å². The van der Waals surface area contributed by atoms with E-state index in [1.165, 1.54) is 5.56 Å². The lowest BCUT2D eigenvalue weighted by atomic mass is 10.0. The third-order valence-corrected chi connectivity index (χ3v) is 4.29. The predicted octanol–water partition coefficient (Wildman–Crippen LogP) is 4.46. The first-order valence-corrected chi connectivity index (χ1v) is 7.14. The monoisotopic (exact) mass is 273 g/mol. The standard InChI is InChI=1S/C19H15NO/c1-2-14-15-10-6-7-11-16(15)20-17(12-18(21)19(14)20)13-8-4-3-5-9-13/h2-11,17H,1,12H2. The van der Waals surface area contributed by atoms with Crippen molar-refractivity contribution in [1.82, 2.24) is 4.57 Å². The maximum Gasteiger partial charge on any atom is 0.182 e. The van der Waals surface area contributed by atoms with Crippen molar-refractivity contribution in [2.24, 2.45) is 0 Å². The molecule has 3 aromatic rings. The molecular weight excluding hydrogens is 258 g/mol. The van der Waals surface area contributed by atoms with E-state index >= 15 is 0 Å². The van der Waals surface area contributed by atoms with Crippen LogP contribution in [-0.4, -0.2) is 10.4 Å². The zero-order chi connectivity index (χ0) is 14.4. The average Bonchev–Trinajstić information content (AvgIpc) is 3.04. The number of Topliss-reactive ketones (excluding diaryl/α,β-unsaturated/α-hetero) is 1. The van der Waals surface area contributed by atoms with Gasteiger partial charge in [0.15, 0.2) is 5.78 Å². The Kier molecular flexibility index (Phi) is 2.58. The Balaban J connectivity index is 2.05. The second-order valence-electron chi connectivity index (χ2n) is 5.41. The van der Waals surface area contributed by atoms with E-state index in [-0.39, 0.29) is 11.8 Å². The van der Waals surface area contributed by atoms with Crippen LogP contribution in [0.25, 0.3) is 17.0 Å². The van der Waals surface area contributed by atoms with Crippen LogP contribution in [0.15, 0.2) is 61.2 Å². The summed E-state index contributed by atoms with van der Waals surface area (Å²) in [6.07, 6.45) is 2.34. The Morgan fingerprint density at radius 2 is 1.76 bits per heavy atom. The highest BCUT2D eigenvalue weighted by Gasteiger charge is 2.34. The number of benzene rings is 2. The Hall–Kier alpha value is -2.61. The van der Waals surface area contributed by atoms with E-state index in [2.05, 4.69) is 35.4 Å². The highest BCUT2D eigenvalue weighted by atomic mass is 16.1. The average molecular weight is 273 g/mol. The molecule has 0 bridgehead atoms. The zero-order valence-corrected chi connectivity index (χ0v) is 11.6. The van der Waals surface area contributed by atoms with Gasteiger partial charge in [-0.15, -0.1) is 0 Å². The molecule has 0 saturated heterocycles. The number of fused-ring (bicyclic) bond motifs is 3. The molecule has 1 aliphatic heterocycles. The van der Waals surface area contributed by atoms with Gasteiger partial charge in [0.05, 0.1) is 11.7 Å². The number of ketones is 1. The number of nitrogens with zero attached hydrogens (tertiary/aromatic N) is 1. The van der Waals surface area contributed by atoms with Crippen LogP contribution in [0.3, 0.4) is 0 Å². The van der Waals surface area contributed by atoms with Gasteiger partial charge in [0.1, 0.15) is 0 Å². The van der Waals surface area contributed by atoms with Crippen LogP contribution < -0.4 is 0 Å². The molecule has 102 valence electrons. The maximum atomic E-state index is 12.5. The van der Waals surface area contributed by atoms with Gasteiger partial charge in [0.25, 0.3) is 0 Å². The van der Waals surface area contributed by atoms with E-state index in [0.717, 1.165) is 22.2 Å². The lowest BCUT2D eigenvalue weighted by Crippen LogP contribution is -2.05. The molecule has 4 rings (SSSR count). The summed E-state index contributed by atoms with van der Waals surface area (Å²) >= 11 is 0. The minimum absolute atomic E-state index is 0.0901. The van der Waals surface area contributed by atoms with Crippen molar-refractivity contribution in [3.8, 4) is 0 Å². The molecule has 2 aromatic carbocycles. The molecule has 0 fully saturated rings. The summed E-state index contributed by atoms with van der Waals surface area (Å²) in [4.78, 5) is 12.5. The molecule has 0 saturated carbocycles. The van der Waals surface area contributed by atoms with Crippen molar-refractivity contribution in [3.05, 3.63) is 78.0 Å². The normalized spacial score (nSPS) is 17.1. The maximum absolute atomic E-state index is 12.5. The van der Waals surface area contributed by atoms with Gasteiger partial charge in [-0.25, -0.2) is 0 Å². The van der Waals surface area contributed by atoms with E-state index in [1.54, 1.807) is 6.08 Å². The zero-order valence-electron chi connectivity index (χ0n) is 11.6. The van der Waals surface area contributed by atoms with Crippen molar-refractivity contribution in [2.45, 2.75) is 12.5 Å². The van der Waals surface area contributed by atoms with Crippen molar-refractivity contribution < 1.29 is 4.79 Å². The highest BCUT2D eigenvalue weighted by molar-refractivity contribution is 6.08. The lowest BCUT2D eigenvalue weighted by molar-refractivity contribution is 0.0991. The molecule has 1 aliphatic rings. The summed E-state index contributed by atoms with van der Waals surface area (Å²) < 4.78 is 2.18. The quantitative estimate of drug-likeness (QED) is 0.675. The van der Waals surface area contributed by atoms with Crippen molar-refractivity contribution in [1.29, 1.82) is 0 Å². The Bertz CT molecular complexity index is 858. The lowest BCUT2D eigenvalue weighted by Gasteiger charge is -2.14. The van der Waals surface area contributed by atoms with Gasteiger partial charge in [0.2, 0.25) is 0 Å². The van der Waals surface area contributed by atoms with Gasteiger partial charge in [0, 0.05) is 22.9 Å². The van der Waals surface area contributed by atoms with Crippen LogP contribution in [-0.2, 0) is 0 Å². The SMILES string of the molecule is C=Cc1c2n(c3ccccc13)C(c1ccccc1)CC2=O. The van der Waals surface area contributed by atoms with Crippen molar-refractivity contribution in [3.63, 3.8) is 0 Å². The first-order valence-electron chi connectivity index (χ1n) is 7.14. The fraction of sp³-hybridized carbons (Fsp3) is 0.105. The number of para-hydroxylation sites is 1. The molecule has 2 heteroatoms. The first-order chi connectivity index (χ1) is 10.3. The number of hydrogen-bond donors (Lipinski definition) is 0. The predicted molar refractivity (Wildman–Crippen MR) is 85.6 cm³/mol. The third-order valence-electron chi connectivity index (χ3n) is 4.29. The minimum atomic E-state index is 0.0901. The molecule has 2 heterocycles. The van der Waals surface area contributed by atoms with E-state index in [9.17, 15) is 4.79 Å². The van der Waals surface area contributed by atoms with Crippen LogP contribution in [0.1, 0.15) is 34.1 Å². The Labute approximate surface area is 123 Å². The summed E-state index contributed by atoms with van der Waals surface area (Å²) in [5, 5.41) is 1.11. The minimum Gasteiger partial charge on any atom is -0.329 e. The third kappa shape index (κ3) is 1.62. The molecule has 0 radical (unpaired) electrons. The summed E-state index contributed by atoms with van der Waals surface area (Å²) in [6.45, 7) is 3.90. The number of carbonyl (C=O) groups is 1. The van der Waals surface area contributed by atoms with Crippen molar-refractivity contribution >= 4 is 22.8 Å². The molecule has 0 N–H and O–H groups in total. The van der Waals surface area contributed by atoms with Crippen LogP contribution in [0.4, 0.5) is 0 Å². The Morgan fingerprint density at radius 1 is 1.05 bits per heavy atom. The number of rotatable bonds is 2. The van der Waals surface area contributed by atoms with Gasteiger partial charge in [-0.1, -0.05) is 61.2 Å². The molecule has 0 spiro atoms. The van der Waals surface area contributed by atoms with Crippen molar-refractivity contribution in [2.75, 3.05) is 0 Å². The summed E-state index contributed by atoms with van der Waals surface area (Å²) in [5.74, 6) is 0.204. The van der Waals surface area contributed by atoms with E-state index in [1.807, 2.05) is 30.3 Å². The summed E-state index contributed by atoms with van der Waals surface area (Å²) in [6, 6.07) is 18.5. The molecule has 21 heavy (non-hydrogen) atoms. The fourth-order valence-electron chi connectivity index (χ4n) is 3.41. The second kappa shape index (κ2) is 4.45. The molecule has 1 aromatic heterocycles.